The second-order valence-corrected chi connectivity index (χ2v) is 17.4. The van der Waals surface area contributed by atoms with E-state index < -0.39 is 36.1 Å². The van der Waals surface area contributed by atoms with Crippen molar-refractivity contribution < 1.29 is 35.1 Å². The van der Waals surface area contributed by atoms with Crippen molar-refractivity contribution in [1.82, 2.24) is 19.9 Å². The van der Waals surface area contributed by atoms with Gasteiger partial charge in [0.05, 0.1) is 11.4 Å². The molecule has 2 atom stereocenters. The van der Waals surface area contributed by atoms with E-state index in [1.165, 1.54) is 58.1 Å². The number of nitrogens with two attached hydrogens (primary N) is 2. The summed E-state index contributed by atoms with van der Waals surface area (Å²) in [4.78, 5) is 19.8. The molecule has 2 saturated carbocycles. The summed E-state index contributed by atoms with van der Waals surface area (Å²) >= 11 is 2.44. The summed E-state index contributed by atoms with van der Waals surface area (Å²) in [7, 11) is 0. The lowest BCUT2D eigenvalue weighted by Crippen LogP contribution is -2.28. The van der Waals surface area contributed by atoms with Crippen LogP contribution in [-0.4, -0.2) is 32.3 Å². The van der Waals surface area contributed by atoms with E-state index in [4.69, 9.17) is 21.4 Å². The van der Waals surface area contributed by atoms with E-state index in [1.54, 1.807) is 0 Å². The van der Waals surface area contributed by atoms with Crippen molar-refractivity contribution in [3.05, 3.63) is 167 Å². The van der Waals surface area contributed by atoms with Crippen LogP contribution in [0, 0.1) is 11.6 Å². The van der Waals surface area contributed by atoms with Crippen molar-refractivity contribution in [3.8, 4) is 21.1 Å². The van der Waals surface area contributed by atoms with Crippen molar-refractivity contribution in [2.75, 3.05) is 0 Å². The second-order valence-electron chi connectivity index (χ2n) is 15.5. The van der Waals surface area contributed by atoms with Gasteiger partial charge in [-0.15, -0.1) is 0 Å². The molecule has 0 aliphatic heterocycles. The van der Waals surface area contributed by atoms with Gasteiger partial charge < -0.3 is 11.5 Å². The van der Waals surface area contributed by atoms with Crippen molar-refractivity contribution in [3.63, 3.8) is 0 Å². The number of rotatable bonds is 8. The molecular weight excluding hydrogens is 853 g/mol. The molecule has 0 radical (unpaired) electrons. The molecule has 0 bridgehead atoms. The molecule has 16 heteroatoms. The van der Waals surface area contributed by atoms with E-state index in [-0.39, 0.29) is 33.1 Å². The number of nitrogens with zero attached hydrogens (tertiary/aromatic N) is 4. The van der Waals surface area contributed by atoms with Crippen LogP contribution in [0.25, 0.3) is 41.8 Å². The number of hydrogen-bond acceptors (Lipinski definition) is 8. The summed E-state index contributed by atoms with van der Waals surface area (Å²) in [6.45, 7) is 0. The fourth-order valence-corrected chi connectivity index (χ4v) is 9.65. The molecule has 4 N–H and O–H groups in total. The molecule has 0 spiro atoms. The third-order valence-electron chi connectivity index (χ3n) is 11.5. The fraction of sp³-hybridized carbons (Fsp3) is 0.217. The maximum Gasteiger partial charge on any atom is 0.407 e. The summed E-state index contributed by atoms with van der Waals surface area (Å²) < 4.78 is 106. The zero-order valence-corrected chi connectivity index (χ0v) is 33.9. The van der Waals surface area contributed by atoms with Crippen molar-refractivity contribution in [2.24, 2.45) is 11.5 Å². The summed E-state index contributed by atoms with van der Waals surface area (Å²) in [5, 5.41) is 0.739. The first kappa shape index (κ1) is 41.7. The van der Waals surface area contributed by atoms with E-state index in [9.17, 15) is 35.1 Å². The average molecular weight is 887 g/mol. The maximum atomic E-state index is 14.6. The average Bonchev–Trinajstić information content (AvgIpc) is 4.17. The van der Waals surface area contributed by atoms with E-state index in [0.717, 1.165) is 49.2 Å². The summed E-state index contributed by atoms with van der Waals surface area (Å²) in [6, 6.07) is 30.2. The number of thiazole rings is 2. The number of fused-ring (bicyclic) bond motifs is 2. The van der Waals surface area contributed by atoms with E-state index in [2.05, 4.69) is 34.2 Å². The van der Waals surface area contributed by atoms with Crippen LogP contribution in [0.3, 0.4) is 0 Å². The van der Waals surface area contributed by atoms with Crippen LogP contribution in [0.5, 0.6) is 0 Å². The molecule has 0 saturated heterocycles. The maximum absolute atomic E-state index is 14.6. The Morgan fingerprint density at radius 2 is 0.855 bits per heavy atom. The van der Waals surface area contributed by atoms with Crippen LogP contribution < -0.4 is 11.5 Å². The third kappa shape index (κ3) is 7.84. The molecule has 8 aromatic rings. The second kappa shape index (κ2) is 15.6. The molecule has 62 heavy (non-hydrogen) atoms. The Labute approximate surface area is 357 Å². The van der Waals surface area contributed by atoms with Crippen LogP contribution in [0.1, 0.15) is 71.4 Å². The van der Waals surface area contributed by atoms with Crippen LogP contribution >= 0.6 is 22.7 Å². The van der Waals surface area contributed by atoms with Crippen LogP contribution in [0.2, 0.25) is 0 Å². The zero-order valence-electron chi connectivity index (χ0n) is 32.3. The molecule has 10 rings (SSSR count). The lowest BCUT2D eigenvalue weighted by atomic mass is 9.92. The first-order chi connectivity index (χ1) is 29.6. The molecular formula is C46H34F8N6S2. The highest BCUT2D eigenvalue weighted by atomic mass is 32.1. The SMILES string of the molecule is N[C@@H](c1ccc(-c2nc3ccc(C4(c5ccccc5)CC4)nc3s2)c(F)c1)C(F)(F)F.N[C@H](c1ccc(-c2nc3ccc(C4(c5ccccc5)CC4)nc3s2)c(F)c1)C(F)(F)F. The van der Waals surface area contributed by atoms with Gasteiger partial charge in [-0.25, -0.2) is 28.7 Å². The predicted molar refractivity (Wildman–Crippen MR) is 224 cm³/mol. The van der Waals surface area contributed by atoms with Crippen molar-refractivity contribution in [2.45, 2.75) is 60.9 Å². The highest BCUT2D eigenvalue weighted by molar-refractivity contribution is 7.21. The van der Waals surface area contributed by atoms with Crippen molar-refractivity contribution >= 4 is 43.4 Å². The minimum atomic E-state index is -4.64. The van der Waals surface area contributed by atoms with Gasteiger partial charge in [-0.3, -0.25) is 0 Å². The first-order valence-corrected chi connectivity index (χ1v) is 21.1. The summed E-state index contributed by atoms with van der Waals surface area (Å²) in [5.41, 5.74) is 15.4. The van der Waals surface area contributed by atoms with Gasteiger partial charge in [0.2, 0.25) is 0 Å². The zero-order chi connectivity index (χ0) is 43.6. The molecule has 4 heterocycles. The lowest BCUT2D eigenvalue weighted by Gasteiger charge is -2.16. The van der Waals surface area contributed by atoms with Crippen LogP contribution in [0.4, 0.5) is 35.1 Å². The molecule has 2 fully saturated rings. The Hall–Kier alpha value is -5.68. The van der Waals surface area contributed by atoms with Gasteiger partial charge in [0.15, 0.2) is 0 Å². The fourth-order valence-electron chi connectivity index (χ4n) is 7.72. The van der Waals surface area contributed by atoms with Crippen LogP contribution in [-0.2, 0) is 10.8 Å². The highest BCUT2D eigenvalue weighted by Gasteiger charge is 2.48. The molecule has 6 nitrogen and oxygen atoms in total. The Kier molecular flexibility index (Phi) is 10.5. The Morgan fingerprint density at radius 1 is 0.484 bits per heavy atom. The number of alkyl halides is 6. The van der Waals surface area contributed by atoms with Gasteiger partial charge in [-0.1, -0.05) is 95.5 Å². The quantitative estimate of drug-likeness (QED) is 0.147. The molecule has 0 amide bonds. The van der Waals surface area contributed by atoms with Gasteiger partial charge in [0, 0.05) is 22.0 Å². The molecule has 4 aromatic heterocycles. The van der Waals surface area contributed by atoms with E-state index >= 15 is 0 Å². The topological polar surface area (TPSA) is 104 Å². The molecule has 316 valence electrons. The van der Waals surface area contributed by atoms with Gasteiger partial charge in [-0.05, 0) is 96.5 Å². The first-order valence-electron chi connectivity index (χ1n) is 19.5. The number of pyridine rings is 2. The smallest absolute Gasteiger partial charge is 0.316 e. The predicted octanol–water partition coefficient (Wildman–Crippen LogP) is 12.3. The number of benzene rings is 4. The number of hydrogen-bond donors (Lipinski definition) is 2. The van der Waals surface area contributed by atoms with Gasteiger partial charge in [0.1, 0.15) is 54.4 Å². The lowest BCUT2D eigenvalue weighted by molar-refractivity contribution is -0.150. The summed E-state index contributed by atoms with van der Waals surface area (Å²) in [5.74, 6) is -1.58. The van der Waals surface area contributed by atoms with Gasteiger partial charge in [0.25, 0.3) is 0 Å². The van der Waals surface area contributed by atoms with Gasteiger partial charge >= 0.3 is 12.4 Å². The minimum Gasteiger partial charge on any atom is -0.316 e. The molecule has 4 aromatic carbocycles. The minimum absolute atomic E-state index is 0.0970. The normalized spacial score (nSPS) is 16.4. The Balaban J connectivity index is 0.000000158. The highest BCUT2D eigenvalue weighted by Crippen LogP contribution is 2.54. The van der Waals surface area contributed by atoms with E-state index in [1.807, 2.05) is 60.7 Å². The molecule has 0 unspecified atom stereocenters. The number of halogens is 8. The monoisotopic (exact) mass is 886 g/mol. The van der Waals surface area contributed by atoms with Gasteiger partial charge in [-0.2, -0.15) is 26.3 Å². The third-order valence-corrected chi connectivity index (χ3v) is 13.5. The molecule has 2 aliphatic carbocycles. The Bertz CT molecular complexity index is 2730. The number of aromatic nitrogens is 4. The molecule has 2 aliphatic rings. The summed E-state index contributed by atoms with van der Waals surface area (Å²) in [6.07, 6.45) is -5.23. The Morgan fingerprint density at radius 3 is 1.18 bits per heavy atom. The van der Waals surface area contributed by atoms with Crippen LogP contribution in [0.15, 0.2) is 121 Å². The van der Waals surface area contributed by atoms with Crippen molar-refractivity contribution in [1.29, 1.82) is 0 Å². The largest absolute Gasteiger partial charge is 0.407 e. The standard InChI is InChI=1S/2C23H17F4N3S/c2*24-16-12-13(19(28)23(25,26)27)6-7-15(16)20-29-17-8-9-18(30-21(17)31-20)22(10-11-22)14-4-2-1-3-5-14/h2*1-9,12,19H,10-11,28H2/t2*19-/m10/s1. The van der Waals surface area contributed by atoms with E-state index in [0.29, 0.717) is 30.7 Å².